The predicted octanol–water partition coefficient (Wildman–Crippen LogP) is 4.33. The summed E-state index contributed by atoms with van der Waals surface area (Å²) in [7, 11) is 0. The number of halogens is 2. The lowest BCUT2D eigenvalue weighted by atomic mass is 10.1. The number of benzene rings is 2. The van der Waals surface area contributed by atoms with Crippen LogP contribution in [-0.4, -0.2) is 10.8 Å². The van der Waals surface area contributed by atoms with Crippen molar-refractivity contribution in [2.75, 3.05) is 0 Å². The first kappa shape index (κ1) is 15.8. The maximum atomic E-state index is 12.2. The van der Waals surface area contributed by atoms with Crippen molar-refractivity contribution in [1.29, 1.82) is 0 Å². The molecule has 0 radical (unpaired) electrons. The van der Waals surface area contributed by atoms with Gasteiger partial charge < -0.3 is 0 Å². The molecule has 0 spiro atoms. The third-order valence-corrected chi connectivity index (χ3v) is 4.18. The minimum atomic E-state index is 0.0184. The van der Waals surface area contributed by atoms with Crippen molar-refractivity contribution in [3.63, 3.8) is 0 Å². The predicted molar refractivity (Wildman–Crippen MR) is 93.4 cm³/mol. The molecule has 3 aromatic rings. The Balaban J connectivity index is 1.73. The number of ketones is 1. The van der Waals surface area contributed by atoms with Gasteiger partial charge in [0.25, 0.3) is 6.33 Å². The molecule has 0 aliphatic carbocycles. The van der Waals surface area contributed by atoms with E-state index in [1.54, 1.807) is 35.2 Å². The second-order valence-electron chi connectivity index (χ2n) is 5.05. The minimum absolute atomic E-state index is 0.0184. The SMILES string of the molecule is O=C(C[n+]1ccc(-c2ccc(Br)cc2)nc1)c1ccc(Cl)cc1. The molecule has 0 unspecified atom stereocenters. The van der Waals surface area contributed by atoms with E-state index in [-0.39, 0.29) is 12.3 Å². The van der Waals surface area contributed by atoms with Gasteiger partial charge in [-0.15, -0.1) is 0 Å². The van der Waals surface area contributed by atoms with E-state index in [1.165, 1.54) is 0 Å². The van der Waals surface area contributed by atoms with Gasteiger partial charge in [0, 0.05) is 26.7 Å². The van der Waals surface area contributed by atoms with Crippen LogP contribution in [0, 0.1) is 0 Å². The van der Waals surface area contributed by atoms with Gasteiger partial charge in [-0.1, -0.05) is 27.5 Å². The van der Waals surface area contributed by atoms with Crippen LogP contribution in [0.2, 0.25) is 5.02 Å². The van der Waals surface area contributed by atoms with Gasteiger partial charge in [0.15, 0.2) is 12.2 Å². The molecule has 0 fully saturated rings. The molecular weight excluding hydrogens is 376 g/mol. The van der Waals surface area contributed by atoms with Gasteiger partial charge in [-0.25, -0.2) is 4.57 Å². The number of rotatable bonds is 4. The summed E-state index contributed by atoms with van der Waals surface area (Å²) in [6, 6.07) is 16.7. The van der Waals surface area contributed by atoms with E-state index in [0.29, 0.717) is 10.6 Å². The lowest BCUT2D eigenvalue weighted by molar-refractivity contribution is -0.686. The van der Waals surface area contributed by atoms with E-state index in [0.717, 1.165) is 15.7 Å². The smallest absolute Gasteiger partial charge is 0.287 e. The van der Waals surface area contributed by atoms with Gasteiger partial charge in [0.1, 0.15) is 0 Å². The van der Waals surface area contributed by atoms with Crippen molar-refractivity contribution in [3.8, 4) is 11.3 Å². The third kappa shape index (κ3) is 4.03. The topological polar surface area (TPSA) is 33.8 Å². The average Bonchev–Trinajstić information content (AvgIpc) is 2.57. The van der Waals surface area contributed by atoms with Crippen molar-refractivity contribution >= 4 is 33.3 Å². The summed E-state index contributed by atoms with van der Waals surface area (Å²) >= 11 is 9.25. The highest BCUT2D eigenvalue weighted by Crippen LogP contribution is 2.18. The Morgan fingerprint density at radius 1 is 1.04 bits per heavy atom. The van der Waals surface area contributed by atoms with Crippen LogP contribution in [0.15, 0.2) is 71.6 Å². The van der Waals surface area contributed by atoms with E-state index in [4.69, 9.17) is 11.6 Å². The second-order valence-corrected chi connectivity index (χ2v) is 6.41. The first-order valence-corrected chi connectivity index (χ1v) is 8.19. The zero-order valence-electron chi connectivity index (χ0n) is 12.1. The van der Waals surface area contributed by atoms with Crippen LogP contribution in [0.3, 0.4) is 0 Å². The van der Waals surface area contributed by atoms with Crippen molar-refractivity contribution < 1.29 is 9.36 Å². The summed E-state index contributed by atoms with van der Waals surface area (Å²) in [5, 5.41) is 0.620. The van der Waals surface area contributed by atoms with E-state index in [9.17, 15) is 4.79 Å². The number of hydrogen-bond donors (Lipinski definition) is 0. The molecule has 0 aliphatic heterocycles. The number of aromatic nitrogens is 2. The Kier molecular flexibility index (Phi) is 4.84. The van der Waals surface area contributed by atoms with E-state index in [1.807, 2.05) is 36.5 Å². The van der Waals surface area contributed by atoms with Crippen molar-refractivity contribution in [1.82, 2.24) is 4.98 Å². The molecule has 0 N–H and O–H groups in total. The Hall–Kier alpha value is -2.04. The molecule has 0 saturated carbocycles. The third-order valence-electron chi connectivity index (χ3n) is 3.40. The summed E-state index contributed by atoms with van der Waals surface area (Å²) in [6.07, 6.45) is 3.53. The molecular formula is C18H13BrClN2O+. The van der Waals surface area contributed by atoms with Crippen LogP contribution in [0.4, 0.5) is 0 Å². The summed E-state index contributed by atoms with van der Waals surface area (Å²) in [6.45, 7) is 0.245. The van der Waals surface area contributed by atoms with Crippen molar-refractivity contribution in [3.05, 3.63) is 82.2 Å². The standard InChI is InChI=1S/C18H13BrClN2O/c19-15-5-1-13(2-6-15)17-9-10-22(12-21-17)11-18(23)14-3-7-16(20)8-4-14/h1-10,12H,11H2/q+1. The first-order chi connectivity index (χ1) is 11.1. The lowest BCUT2D eigenvalue weighted by Gasteiger charge is -2.01. The van der Waals surface area contributed by atoms with Crippen molar-refractivity contribution in [2.45, 2.75) is 6.54 Å². The normalized spacial score (nSPS) is 10.5. The summed E-state index contributed by atoms with van der Waals surface area (Å²) < 4.78 is 2.79. The van der Waals surface area contributed by atoms with Crippen LogP contribution >= 0.6 is 27.5 Å². The Bertz CT molecular complexity index is 815. The molecule has 3 rings (SSSR count). The number of nitrogens with zero attached hydrogens (tertiary/aromatic N) is 2. The highest BCUT2D eigenvalue weighted by Gasteiger charge is 2.11. The molecule has 1 heterocycles. The van der Waals surface area contributed by atoms with E-state index < -0.39 is 0 Å². The Labute approximate surface area is 147 Å². The number of hydrogen-bond acceptors (Lipinski definition) is 2. The molecule has 3 nitrogen and oxygen atoms in total. The fourth-order valence-electron chi connectivity index (χ4n) is 2.16. The zero-order valence-corrected chi connectivity index (χ0v) is 14.5. The van der Waals surface area contributed by atoms with Gasteiger partial charge in [-0.05, 0) is 53.5 Å². The molecule has 2 aromatic carbocycles. The van der Waals surface area contributed by atoms with Gasteiger partial charge in [-0.3, -0.25) is 4.79 Å². The molecule has 0 aliphatic rings. The summed E-state index contributed by atoms with van der Waals surface area (Å²) in [4.78, 5) is 16.6. The minimum Gasteiger partial charge on any atom is -0.290 e. The molecule has 0 amide bonds. The van der Waals surface area contributed by atoms with Gasteiger partial charge >= 0.3 is 0 Å². The monoisotopic (exact) mass is 387 g/mol. The number of Topliss-reactive ketones (excluding diaryl/α,β-unsaturated/α-hetero) is 1. The highest BCUT2D eigenvalue weighted by molar-refractivity contribution is 9.10. The largest absolute Gasteiger partial charge is 0.290 e. The quantitative estimate of drug-likeness (QED) is 0.492. The number of carbonyl (C=O) groups excluding carboxylic acids is 1. The van der Waals surface area contributed by atoms with Crippen LogP contribution in [-0.2, 0) is 6.54 Å². The van der Waals surface area contributed by atoms with E-state index in [2.05, 4.69) is 20.9 Å². The van der Waals surface area contributed by atoms with Crippen LogP contribution in [0.5, 0.6) is 0 Å². The fraction of sp³-hybridized carbons (Fsp3) is 0.0556. The van der Waals surface area contributed by atoms with Crippen LogP contribution < -0.4 is 4.57 Å². The highest BCUT2D eigenvalue weighted by atomic mass is 79.9. The molecule has 0 atom stereocenters. The maximum absolute atomic E-state index is 12.2. The molecule has 114 valence electrons. The van der Waals surface area contributed by atoms with Crippen LogP contribution in [0.1, 0.15) is 10.4 Å². The molecule has 0 bridgehead atoms. The maximum Gasteiger partial charge on any atom is 0.287 e. The average molecular weight is 389 g/mol. The van der Waals surface area contributed by atoms with Gasteiger partial charge in [0.05, 0.1) is 6.20 Å². The molecule has 5 heteroatoms. The van der Waals surface area contributed by atoms with E-state index >= 15 is 0 Å². The van der Waals surface area contributed by atoms with Crippen LogP contribution in [0.25, 0.3) is 11.3 Å². The summed E-state index contributed by atoms with van der Waals surface area (Å²) in [5.74, 6) is 0.0184. The first-order valence-electron chi connectivity index (χ1n) is 7.01. The second kappa shape index (κ2) is 7.02. The van der Waals surface area contributed by atoms with Gasteiger partial charge in [-0.2, -0.15) is 0 Å². The molecule has 23 heavy (non-hydrogen) atoms. The Morgan fingerprint density at radius 2 is 1.74 bits per heavy atom. The molecule has 1 aromatic heterocycles. The summed E-state index contributed by atoms with van der Waals surface area (Å²) in [5.41, 5.74) is 2.54. The lowest BCUT2D eigenvalue weighted by Crippen LogP contribution is -2.37. The Morgan fingerprint density at radius 3 is 2.35 bits per heavy atom. The zero-order chi connectivity index (χ0) is 16.2. The van der Waals surface area contributed by atoms with Crippen molar-refractivity contribution in [2.24, 2.45) is 0 Å². The van der Waals surface area contributed by atoms with Gasteiger partial charge in [0.2, 0.25) is 5.78 Å². The molecule has 0 saturated heterocycles. The number of carbonyl (C=O) groups is 1. The fourth-order valence-corrected chi connectivity index (χ4v) is 2.55.